The summed E-state index contributed by atoms with van der Waals surface area (Å²) in [7, 11) is 1.84. The van der Waals surface area contributed by atoms with E-state index in [1.54, 1.807) is 10.9 Å². The fourth-order valence-corrected chi connectivity index (χ4v) is 1.78. The Labute approximate surface area is 102 Å². The molecule has 0 bridgehead atoms. The summed E-state index contributed by atoms with van der Waals surface area (Å²) in [6, 6.07) is 1.89. The Morgan fingerprint density at radius 3 is 2.83 bits per heavy atom. The van der Waals surface area contributed by atoms with Crippen LogP contribution in [-0.4, -0.2) is 24.8 Å². The first-order valence-corrected chi connectivity index (χ1v) is 5.53. The topological polar surface area (TPSA) is 74.5 Å². The molecule has 0 saturated carbocycles. The Morgan fingerprint density at radius 2 is 2.22 bits per heavy atom. The number of hydrogen-bond acceptors (Lipinski definition) is 4. The van der Waals surface area contributed by atoms with Crippen molar-refractivity contribution in [2.24, 2.45) is 7.05 Å². The van der Waals surface area contributed by atoms with Gasteiger partial charge < -0.3 is 5.73 Å². The Bertz CT molecular complexity index is 518. The van der Waals surface area contributed by atoms with E-state index in [9.17, 15) is 8.78 Å². The number of aryl methyl sites for hydroxylation is 3. The molecule has 0 atom stereocenters. The number of aromatic nitrogens is 5. The van der Waals surface area contributed by atoms with E-state index < -0.39 is 6.43 Å². The molecule has 6 nitrogen and oxygen atoms in total. The van der Waals surface area contributed by atoms with Crippen molar-refractivity contribution in [1.29, 1.82) is 0 Å². The lowest BCUT2D eigenvalue weighted by Gasteiger charge is -2.06. The second-order valence-electron chi connectivity index (χ2n) is 3.93. The van der Waals surface area contributed by atoms with Crippen LogP contribution in [0.3, 0.4) is 0 Å². The molecule has 8 heteroatoms. The summed E-state index contributed by atoms with van der Waals surface area (Å²) in [5, 5.41) is 11.1. The van der Waals surface area contributed by atoms with Crippen molar-refractivity contribution in [3.05, 3.63) is 23.7 Å². The van der Waals surface area contributed by atoms with Crippen molar-refractivity contribution in [2.45, 2.75) is 25.8 Å². The van der Waals surface area contributed by atoms with Crippen LogP contribution in [-0.2, 0) is 20.0 Å². The van der Waals surface area contributed by atoms with Crippen LogP contribution >= 0.6 is 0 Å². The number of alkyl halides is 2. The maximum absolute atomic E-state index is 12.7. The van der Waals surface area contributed by atoms with Crippen molar-refractivity contribution in [3.8, 4) is 0 Å². The smallest absolute Gasteiger partial charge is 0.283 e. The molecule has 98 valence electrons. The Balaban J connectivity index is 1.97. The molecule has 0 aliphatic rings. The van der Waals surface area contributed by atoms with Crippen LogP contribution in [0.4, 0.5) is 14.6 Å². The molecule has 2 N–H and O–H groups in total. The molecule has 0 radical (unpaired) electrons. The van der Waals surface area contributed by atoms with Gasteiger partial charge in [-0.1, -0.05) is 5.21 Å². The summed E-state index contributed by atoms with van der Waals surface area (Å²) in [5.74, 6) is -0.203. The minimum Gasteiger partial charge on any atom is -0.380 e. The van der Waals surface area contributed by atoms with E-state index in [2.05, 4.69) is 15.4 Å². The molecule has 0 amide bonds. The Morgan fingerprint density at radius 1 is 1.44 bits per heavy atom. The molecule has 2 aromatic rings. The number of anilines is 1. The van der Waals surface area contributed by atoms with Gasteiger partial charge in [0.1, 0.15) is 5.69 Å². The van der Waals surface area contributed by atoms with Crippen molar-refractivity contribution < 1.29 is 8.78 Å². The third-order valence-corrected chi connectivity index (χ3v) is 2.73. The van der Waals surface area contributed by atoms with Gasteiger partial charge in [-0.15, -0.1) is 5.10 Å². The minimum atomic E-state index is -2.66. The molecule has 0 aromatic carbocycles. The SMILES string of the molecule is Cn1nccc1CCCn1nnc(N)c1C(F)F. The molecule has 2 aromatic heterocycles. The highest BCUT2D eigenvalue weighted by molar-refractivity contribution is 5.33. The molecule has 0 fully saturated rings. The van der Waals surface area contributed by atoms with E-state index in [0.717, 1.165) is 16.8 Å². The van der Waals surface area contributed by atoms with E-state index in [1.807, 2.05) is 13.1 Å². The summed E-state index contributed by atoms with van der Waals surface area (Å²) in [6.45, 7) is 0.356. The van der Waals surface area contributed by atoms with Crippen LogP contribution < -0.4 is 5.73 Å². The van der Waals surface area contributed by atoms with Crippen molar-refractivity contribution in [3.63, 3.8) is 0 Å². The van der Waals surface area contributed by atoms with Gasteiger partial charge in [0, 0.05) is 25.5 Å². The number of nitrogens with two attached hydrogens (primary N) is 1. The van der Waals surface area contributed by atoms with Gasteiger partial charge in [-0.3, -0.25) is 4.68 Å². The first-order chi connectivity index (χ1) is 8.59. The zero-order valence-electron chi connectivity index (χ0n) is 9.92. The highest BCUT2D eigenvalue weighted by Crippen LogP contribution is 2.22. The highest BCUT2D eigenvalue weighted by atomic mass is 19.3. The van der Waals surface area contributed by atoms with Gasteiger partial charge in [-0.2, -0.15) is 5.10 Å². The van der Waals surface area contributed by atoms with Gasteiger partial charge in [-0.05, 0) is 18.9 Å². The standard InChI is InChI=1S/C10H14F2N6/c1-17-7(4-5-14-17)3-2-6-18-8(9(11)12)10(13)15-16-18/h4-5,9H,2-3,6,13H2,1H3. The van der Waals surface area contributed by atoms with Gasteiger partial charge in [0.25, 0.3) is 6.43 Å². The average Bonchev–Trinajstić information content (AvgIpc) is 2.86. The van der Waals surface area contributed by atoms with Crippen LogP contribution in [0.1, 0.15) is 24.2 Å². The Hall–Kier alpha value is -1.99. The quantitative estimate of drug-likeness (QED) is 0.871. The summed E-state index contributed by atoms with van der Waals surface area (Å²) in [5.41, 5.74) is 6.08. The zero-order chi connectivity index (χ0) is 13.1. The van der Waals surface area contributed by atoms with Crippen molar-refractivity contribution in [2.75, 3.05) is 5.73 Å². The average molecular weight is 256 g/mol. The summed E-state index contributed by atoms with van der Waals surface area (Å²) in [4.78, 5) is 0. The fraction of sp³-hybridized carbons (Fsp3) is 0.500. The van der Waals surface area contributed by atoms with Crippen molar-refractivity contribution >= 4 is 5.82 Å². The molecule has 2 heterocycles. The van der Waals surface area contributed by atoms with E-state index >= 15 is 0 Å². The van der Waals surface area contributed by atoms with Gasteiger partial charge in [-0.25, -0.2) is 13.5 Å². The number of rotatable bonds is 5. The molecule has 2 rings (SSSR count). The molecule has 0 spiro atoms. The van der Waals surface area contributed by atoms with Gasteiger partial charge >= 0.3 is 0 Å². The second kappa shape index (κ2) is 5.11. The maximum Gasteiger partial charge on any atom is 0.283 e. The Kier molecular flexibility index (Phi) is 3.54. The van der Waals surface area contributed by atoms with Crippen LogP contribution in [0.2, 0.25) is 0 Å². The van der Waals surface area contributed by atoms with E-state index in [-0.39, 0.29) is 11.5 Å². The molecular formula is C10H14F2N6. The minimum absolute atomic E-state index is 0.203. The third kappa shape index (κ3) is 2.47. The number of nitrogens with zero attached hydrogens (tertiary/aromatic N) is 5. The lowest BCUT2D eigenvalue weighted by atomic mass is 10.2. The normalized spacial score (nSPS) is 11.3. The molecule has 0 aliphatic heterocycles. The number of nitrogen functional groups attached to an aromatic ring is 1. The second-order valence-corrected chi connectivity index (χ2v) is 3.93. The number of halogens is 2. The van der Waals surface area contributed by atoms with E-state index in [4.69, 9.17) is 5.73 Å². The highest BCUT2D eigenvalue weighted by Gasteiger charge is 2.19. The summed E-state index contributed by atoms with van der Waals surface area (Å²) < 4.78 is 28.3. The van der Waals surface area contributed by atoms with Gasteiger partial charge in [0.15, 0.2) is 5.82 Å². The molecular weight excluding hydrogens is 242 g/mol. The lowest BCUT2D eigenvalue weighted by Crippen LogP contribution is -2.08. The van der Waals surface area contributed by atoms with Gasteiger partial charge in [0.2, 0.25) is 0 Å². The largest absolute Gasteiger partial charge is 0.380 e. The summed E-state index contributed by atoms with van der Waals surface area (Å²) >= 11 is 0. The molecule has 0 unspecified atom stereocenters. The predicted octanol–water partition coefficient (Wildman–Crippen LogP) is 1.16. The van der Waals surface area contributed by atoms with Crippen LogP contribution in [0.15, 0.2) is 12.3 Å². The first kappa shape index (κ1) is 12.5. The van der Waals surface area contributed by atoms with E-state index in [1.165, 1.54) is 0 Å². The van der Waals surface area contributed by atoms with Crippen LogP contribution in [0, 0.1) is 0 Å². The maximum atomic E-state index is 12.7. The molecule has 0 aliphatic carbocycles. The zero-order valence-corrected chi connectivity index (χ0v) is 9.92. The third-order valence-electron chi connectivity index (χ3n) is 2.73. The lowest BCUT2D eigenvalue weighted by molar-refractivity contribution is 0.139. The predicted molar refractivity (Wildman–Crippen MR) is 60.9 cm³/mol. The first-order valence-electron chi connectivity index (χ1n) is 5.53. The molecule has 0 saturated heterocycles. The molecule has 18 heavy (non-hydrogen) atoms. The van der Waals surface area contributed by atoms with Gasteiger partial charge in [0.05, 0.1) is 0 Å². The number of hydrogen-bond donors (Lipinski definition) is 1. The van der Waals surface area contributed by atoms with Crippen molar-refractivity contribution in [1.82, 2.24) is 24.8 Å². The van der Waals surface area contributed by atoms with Crippen LogP contribution in [0.25, 0.3) is 0 Å². The monoisotopic (exact) mass is 256 g/mol. The fourth-order valence-electron chi connectivity index (χ4n) is 1.78. The van der Waals surface area contributed by atoms with Crippen LogP contribution in [0.5, 0.6) is 0 Å². The van der Waals surface area contributed by atoms with E-state index in [0.29, 0.717) is 13.0 Å². The summed E-state index contributed by atoms with van der Waals surface area (Å²) in [6.07, 6.45) is 0.450.